The number of aryl methyl sites for hydroxylation is 1. The molecule has 0 aliphatic carbocycles. The Balaban J connectivity index is 2.08. The Bertz CT molecular complexity index is 340. The fraction of sp³-hybridized carbons (Fsp3) is 0.417. The summed E-state index contributed by atoms with van der Waals surface area (Å²) < 4.78 is 5.69. The molecule has 1 aromatic rings. The van der Waals surface area contributed by atoms with Crippen molar-refractivity contribution in [2.75, 3.05) is 6.54 Å². The van der Waals surface area contributed by atoms with Crippen LogP contribution in [0.15, 0.2) is 29.3 Å². The molecule has 2 nitrogen and oxygen atoms in total. The summed E-state index contributed by atoms with van der Waals surface area (Å²) in [5, 5.41) is 0. The highest BCUT2D eigenvalue weighted by Gasteiger charge is 2.19. The first-order chi connectivity index (χ1) is 6.79. The predicted molar refractivity (Wildman–Crippen MR) is 57.6 cm³/mol. The fourth-order valence-electron chi connectivity index (χ4n) is 1.57. The maximum absolute atomic E-state index is 5.69. The van der Waals surface area contributed by atoms with Gasteiger partial charge in [-0.2, -0.15) is 0 Å². The van der Waals surface area contributed by atoms with E-state index in [9.17, 15) is 0 Å². The Kier molecular flexibility index (Phi) is 2.53. The molecule has 1 aliphatic heterocycles. The van der Waals surface area contributed by atoms with E-state index in [0.717, 1.165) is 18.9 Å². The molecule has 14 heavy (non-hydrogen) atoms. The Labute approximate surface area is 84.6 Å². The third-order valence-electron chi connectivity index (χ3n) is 2.46. The zero-order valence-electron chi connectivity index (χ0n) is 8.66. The molecule has 0 aromatic heterocycles. The van der Waals surface area contributed by atoms with E-state index in [-0.39, 0.29) is 6.10 Å². The smallest absolute Gasteiger partial charge is 0.183 e. The normalized spacial score (nSPS) is 20.4. The van der Waals surface area contributed by atoms with Crippen LogP contribution in [0.3, 0.4) is 0 Å². The summed E-state index contributed by atoms with van der Waals surface area (Å²) in [4.78, 5) is 4.33. The molecule has 1 aromatic carbocycles. The second-order valence-electron chi connectivity index (χ2n) is 3.61. The largest absolute Gasteiger partial charge is 0.471 e. The lowest BCUT2D eigenvalue weighted by Gasteiger charge is -2.10. The summed E-state index contributed by atoms with van der Waals surface area (Å²) >= 11 is 0. The molecule has 0 saturated carbocycles. The van der Waals surface area contributed by atoms with Crippen LogP contribution in [0.4, 0.5) is 0 Å². The highest BCUT2D eigenvalue weighted by atomic mass is 16.5. The standard InChI is InChI=1S/C12H15NO/c1-3-12-13-8-11(14-12)10-6-4-9(2)5-7-10/h4-7,11H,3,8H2,1-2H3. The molecule has 0 radical (unpaired) electrons. The van der Waals surface area contributed by atoms with Crippen LogP contribution in [0.2, 0.25) is 0 Å². The van der Waals surface area contributed by atoms with E-state index in [4.69, 9.17) is 4.74 Å². The van der Waals surface area contributed by atoms with E-state index in [0.29, 0.717) is 0 Å². The van der Waals surface area contributed by atoms with Crippen molar-refractivity contribution < 1.29 is 4.74 Å². The van der Waals surface area contributed by atoms with Gasteiger partial charge >= 0.3 is 0 Å². The summed E-state index contributed by atoms with van der Waals surface area (Å²) in [5.74, 6) is 0.885. The Morgan fingerprint density at radius 2 is 2.07 bits per heavy atom. The number of nitrogens with zero attached hydrogens (tertiary/aromatic N) is 1. The Hall–Kier alpha value is -1.31. The van der Waals surface area contributed by atoms with Gasteiger partial charge in [-0.1, -0.05) is 36.8 Å². The van der Waals surface area contributed by atoms with Gasteiger partial charge in [0.05, 0.1) is 6.54 Å². The topological polar surface area (TPSA) is 21.6 Å². The molecular weight excluding hydrogens is 174 g/mol. The monoisotopic (exact) mass is 189 g/mol. The highest BCUT2D eigenvalue weighted by molar-refractivity contribution is 5.77. The molecule has 0 spiro atoms. The van der Waals surface area contributed by atoms with Crippen LogP contribution in [0.25, 0.3) is 0 Å². The molecule has 1 atom stereocenters. The van der Waals surface area contributed by atoms with Crippen LogP contribution in [0.1, 0.15) is 30.6 Å². The first-order valence-electron chi connectivity index (χ1n) is 5.06. The van der Waals surface area contributed by atoms with Crippen LogP contribution in [0, 0.1) is 6.92 Å². The van der Waals surface area contributed by atoms with Crippen LogP contribution < -0.4 is 0 Å². The minimum atomic E-state index is 0.144. The van der Waals surface area contributed by atoms with Crippen molar-refractivity contribution in [1.29, 1.82) is 0 Å². The SMILES string of the molecule is CCC1=NCC(c2ccc(C)cc2)O1. The van der Waals surface area contributed by atoms with Crippen molar-refractivity contribution in [2.45, 2.75) is 26.4 Å². The van der Waals surface area contributed by atoms with Gasteiger partial charge < -0.3 is 4.74 Å². The maximum atomic E-state index is 5.69. The van der Waals surface area contributed by atoms with E-state index in [1.807, 2.05) is 0 Å². The number of benzene rings is 1. The van der Waals surface area contributed by atoms with Gasteiger partial charge in [-0.25, -0.2) is 0 Å². The highest BCUT2D eigenvalue weighted by Crippen LogP contribution is 2.23. The van der Waals surface area contributed by atoms with Gasteiger partial charge in [-0.05, 0) is 12.5 Å². The van der Waals surface area contributed by atoms with Crippen molar-refractivity contribution in [3.05, 3.63) is 35.4 Å². The molecule has 0 amide bonds. The predicted octanol–water partition coefficient (Wildman–Crippen LogP) is 2.87. The lowest BCUT2D eigenvalue weighted by atomic mass is 10.1. The minimum Gasteiger partial charge on any atom is -0.471 e. The summed E-state index contributed by atoms with van der Waals surface area (Å²) in [6, 6.07) is 8.47. The van der Waals surface area contributed by atoms with Crippen LogP contribution >= 0.6 is 0 Å². The van der Waals surface area contributed by atoms with Crippen LogP contribution in [-0.4, -0.2) is 12.4 Å². The lowest BCUT2D eigenvalue weighted by molar-refractivity contribution is 0.224. The second kappa shape index (κ2) is 3.82. The number of ether oxygens (including phenoxy) is 1. The zero-order chi connectivity index (χ0) is 9.97. The van der Waals surface area contributed by atoms with Crippen molar-refractivity contribution in [2.24, 2.45) is 4.99 Å². The third kappa shape index (κ3) is 1.79. The van der Waals surface area contributed by atoms with Crippen molar-refractivity contribution in [1.82, 2.24) is 0 Å². The average Bonchev–Trinajstić information content (AvgIpc) is 2.67. The maximum Gasteiger partial charge on any atom is 0.183 e. The average molecular weight is 189 g/mol. The molecule has 74 valence electrons. The van der Waals surface area contributed by atoms with E-state index in [2.05, 4.69) is 43.1 Å². The van der Waals surface area contributed by atoms with Gasteiger partial charge in [0.25, 0.3) is 0 Å². The quantitative estimate of drug-likeness (QED) is 0.701. The van der Waals surface area contributed by atoms with Crippen molar-refractivity contribution in [3.63, 3.8) is 0 Å². The first-order valence-corrected chi connectivity index (χ1v) is 5.06. The minimum absolute atomic E-state index is 0.144. The second-order valence-corrected chi connectivity index (χ2v) is 3.61. The molecule has 2 heteroatoms. The lowest BCUT2D eigenvalue weighted by Crippen LogP contribution is -2.04. The van der Waals surface area contributed by atoms with E-state index in [1.165, 1.54) is 11.1 Å². The summed E-state index contributed by atoms with van der Waals surface area (Å²) in [5.41, 5.74) is 2.51. The number of aliphatic imine (C=N–C) groups is 1. The van der Waals surface area contributed by atoms with E-state index >= 15 is 0 Å². The number of hydrogen-bond acceptors (Lipinski definition) is 2. The van der Waals surface area contributed by atoms with Gasteiger partial charge in [0, 0.05) is 6.42 Å². The van der Waals surface area contributed by atoms with E-state index < -0.39 is 0 Å². The molecular formula is C12H15NO. The van der Waals surface area contributed by atoms with Gasteiger partial charge in [-0.3, -0.25) is 4.99 Å². The molecule has 1 unspecified atom stereocenters. The van der Waals surface area contributed by atoms with Gasteiger partial charge in [0.15, 0.2) is 5.90 Å². The van der Waals surface area contributed by atoms with Gasteiger partial charge in [0.1, 0.15) is 6.10 Å². The Morgan fingerprint density at radius 1 is 1.36 bits per heavy atom. The molecule has 0 saturated heterocycles. The summed E-state index contributed by atoms with van der Waals surface area (Å²) in [6.07, 6.45) is 1.04. The first kappa shape index (κ1) is 9.25. The van der Waals surface area contributed by atoms with Crippen LogP contribution in [-0.2, 0) is 4.74 Å². The van der Waals surface area contributed by atoms with Gasteiger partial charge in [-0.15, -0.1) is 0 Å². The molecule has 0 bridgehead atoms. The molecule has 1 heterocycles. The number of rotatable bonds is 2. The van der Waals surface area contributed by atoms with Gasteiger partial charge in [0.2, 0.25) is 0 Å². The van der Waals surface area contributed by atoms with Crippen molar-refractivity contribution >= 4 is 5.90 Å². The molecule has 2 rings (SSSR count). The number of hydrogen-bond donors (Lipinski definition) is 0. The van der Waals surface area contributed by atoms with Crippen molar-refractivity contribution in [3.8, 4) is 0 Å². The molecule has 1 aliphatic rings. The summed E-state index contributed by atoms with van der Waals surface area (Å²) in [6.45, 7) is 4.93. The molecule has 0 N–H and O–H groups in total. The van der Waals surface area contributed by atoms with Crippen LogP contribution in [0.5, 0.6) is 0 Å². The Morgan fingerprint density at radius 3 is 2.64 bits per heavy atom. The third-order valence-corrected chi connectivity index (χ3v) is 2.46. The molecule has 0 fully saturated rings. The summed E-state index contributed by atoms with van der Waals surface area (Å²) in [7, 11) is 0. The zero-order valence-corrected chi connectivity index (χ0v) is 8.66. The van der Waals surface area contributed by atoms with E-state index in [1.54, 1.807) is 0 Å². The fourth-order valence-corrected chi connectivity index (χ4v) is 1.57.